The van der Waals surface area contributed by atoms with Gasteiger partial charge in [-0.25, -0.2) is 0 Å². The van der Waals surface area contributed by atoms with Gasteiger partial charge in [-0.2, -0.15) is 0 Å². The highest BCUT2D eigenvalue weighted by molar-refractivity contribution is 6.22. The lowest BCUT2D eigenvalue weighted by molar-refractivity contribution is 0.353. The van der Waals surface area contributed by atoms with Gasteiger partial charge in [0.2, 0.25) is 0 Å². The van der Waals surface area contributed by atoms with Gasteiger partial charge in [0, 0.05) is 10.8 Å². The van der Waals surface area contributed by atoms with Crippen LogP contribution in [0.25, 0.3) is 88.0 Å². The SMILES string of the molecule is CC1(C)c2ccccc2-c2cc(-c3c4ccccc4c(-c4ccc5c(c4)C4(CCCCC4)c4ccccc4-5)c4ccc(-c5cccc6ccccc56)cc34)ccc21. The molecule has 0 N–H and O–H groups in total. The van der Waals surface area contributed by atoms with Crippen molar-refractivity contribution < 1.29 is 0 Å². The first kappa shape index (κ1) is 33.0. The lowest BCUT2D eigenvalue weighted by atomic mass is 9.67. The number of benzene rings is 9. The van der Waals surface area contributed by atoms with Gasteiger partial charge in [-0.1, -0.05) is 185 Å². The smallest absolute Gasteiger partial charge is 0.0215 e. The predicted octanol–water partition coefficient (Wildman–Crippen LogP) is 15.7. The molecule has 272 valence electrons. The Labute approximate surface area is 335 Å². The highest BCUT2D eigenvalue weighted by atomic mass is 14.5. The quantitative estimate of drug-likeness (QED) is 0.159. The highest BCUT2D eigenvalue weighted by Crippen LogP contribution is 2.57. The van der Waals surface area contributed by atoms with Gasteiger partial charge in [-0.05, 0) is 141 Å². The van der Waals surface area contributed by atoms with Gasteiger partial charge in [0.1, 0.15) is 0 Å². The van der Waals surface area contributed by atoms with Crippen molar-refractivity contribution in [3.63, 3.8) is 0 Å². The van der Waals surface area contributed by atoms with Crippen LogP contribution in [0.15, 0.2) is 170 Å². The number of rotatable bonds is 3. The van der Waals surface area contributed by atoms with Crippen LogP contribution in [-0.2, 0) is 10.8 Å². The first-order valence-corrected chi connectivity index (χ1v) is 21.0. The van der Waals surface area contributed by atoms with Gasteiger partial charge in [0.05, 0.1) is 0 Å². The van der Waals surface area contributed by atoms with Crippen molar-refractivity contribution in [2.45, 2.75) is 56.8 Å². The monoisotopic (exact) mass is 728 g/mol. The maximum atomic E-state index is 2.61. The fourth-order valence-corrected chi connectivity index (χ4v) is 11.6. The van der Waals surface area contributed by atoms with Gasteiger partial charge >= 0.3 is 0 Å². The van der Waals surface area contributed by atoms with Crippen LogP contribution in [0.2, 0.25) is 0 Å². The molecule has 57 heavy (non-hydrogen) atoms. The summed E-state index contributed by atoms with van der Waals surface area (Å²) in [4.78, 5) is 0. The first-order chi connectivity index (χ1) is 28.0. The second-order valence-electron chi connectivity index (χ2n) is 17.5. The zero-order valence-electron chi connectivity index (χ0n) is 32.7. The Bertz CT molecular complexity index is 3120. The summed E-state index contributed by atoms with van der Waals surface area (Å²) < 4.78 is 0. The van der Waals surface area contributed by atoms with Crippen LogP contribution in [0, 0.1) is 0 Å². The molecule has 1 saturated carbocycles. The molecule has 0 radical (unpaired) electrons. The fraction of sp³-hybridized carbons (Fsp3) is 0.158. The molecule has 0 saturated heterocycles. The molecule has 0 aliphatic heterocycles. The lowest BCUT2D eigenvalue weighted by Crippen LogP contribution is -2.28. The number of hydrogen-bond donors (Lipinski definition) is 0. The third-order valence-electron chi connectivity index (χ3n) is 14.3. The average molecular weight is 729 g/mol. The van der Waals surface area contributed by atoms with Crippen LogP contribution in [-0.4, -0.2) is 0 Å². The minimum Gasteiger partial charge on any atom is -0.0619 e. The van der Waals surface area contributed by atoms with Crippen LogP contribution in [0.5, 0.6) is 0 Å². The Kier molecular flexibility index (Phi) is 7.01. The van der Waals surface area contributed by atoms with Crippen LogP contribution in [0.1, 0.15) is 68.2 Å². The second kappa shape index (κ2) is 12.1. The van der Waals surface area contributed by atoms with Crippen LogP contribution in [0.4, 0.5) is 0 Å². The molecule has 0 bridgehead atoms. The highest BCUT2D eigenvalue weighted by Gasteiger charge is 2.44. The third kappa shape index (κ3) is 4.62. The Balaban J connectivity index is 1.16. The molecule has 3 aliphatic rings. The molecule has 0 aromatic heterocycles. The van der Waals surface area contributed by atoms with E-state index in [1.54, 1.807) is 5.56 Å². The number of hydrogen-bond acceptors (Lipinski definition) is 0. The topological polar surface area (TPSA) is 0 Å². The molecule has 0 atom stereocenters. The van der Waals surface area contributed by atoms with Gasteiger partial charge in [0.15, 0.2) is 0 Å². The number of fused-ring (bicyclic) bond motifs is 11. The van der Waals surface area contributed by atoms with Crippen molar-refractivity contribution in [3.05, 3.63) is 192 Å². The molecule has 9 aromatic rings. The van der Waals surface area contributed by atoms with Gasteiger partial charge in [-0.3, -0.25) is 0 Å². The summed E-state index contributed by atoms with van der Waals surface area (Å²) in [6.07, 6.45) is 6.37. The Morgan fingerprint density at radius 2 is 0.877 bits per heavy atom. The average Bonchev–Trinajstić information content (AvgIpc) is 3.66. The van der Waals surface area contributed by atoms with Crippen molar-refractivity contribution in [2.75, 3.05) is 0 Å². The Morgan fingerprint density at radius 1 is 0.333 bits per heavy atom. The molecule has 9 aromatic carbocycles. The van der Waals surface area contributed by atoms with E-state index in [-0.39, 0.29) is 10.8 Å². The van der Waals surface area contributed by atoms with E-state index in [4.69, 9.17) is 0 Å². The molecule has 0 heterocycles. The van der Waals surface area contributed by atoms with E-state index in [1.165, 1.54) is 137 Å². The van der Waals surface area contributed by atoms with Gasteiger partial charge in [0.25, 0.3) is 0 Å². The minimum absolute atomic E-state index is 0.0388. The Morgan fingerprint density at radius 3 is 1.68 bits per heavy atom. The lowest BCUT2D eigenvalue weighted by Gasteiger charge is -2.36. The van der Waals surface area contributed by atoms with E-state index >= 15 is 0 Å². The molecule has 0 unspecified atom stereocenters. The van der Waals surface area contributed by atoms with Gasteiger partial charge in [-0.15, -0.1) is 0 Å². The third-order valence-corrected chi connectivity index (χ3v) is 14.3. The van der Waals surface area contributed by atoms with Crippen molar-refractivity contribution in [3.8, 4) is 55.6 Å². The normalized spacial score (nSPS) is 15.8. The second-order valence-corrected chi connectivity index (χ2v) is 17.5. The summed E-state index contributed by atoms with van der Waals surface area (Å²) in [5.74, 6) is 0. The maximum absolute atomic E-state index is 2.61. The molecule has 3 aliphatic carbocycles. The maximum Gasteiger partial charge on any atom is 0.0215 e. The largest absolute Gasteiger partial charge is 0.0619 e. The fourth-order valence-electron chi connectivity index (χ4n) is 11.6. The summed E-state index contributed by atoms with van der Waals surface area (Å²) in [5.41, 5.74) is 19.3. The first-order valence-electron chi connectivity index (χ1n) is 21.0. The zero-order chi connectivity index (χ0) is 37.9. The van der Waals surface area contributed by atoms with E-state index in [0.29, 0.717) is 0 Å². The summed E-state index contributed by atoms with van der Waals surface area (Å²) in [6, 6.07) is 65.1. The zero-order valence-corrected chi connectivity index (χ0v) is 32.7. The summed E-state index contributed by atoms with van der Waals surface area (Å²) in [5, 5.41) is 7.78. The molecule has 12 rings (SSSR count). The molecular weight excluding hydrogens is 685 g/mol. The van der Waals surface area contributed by atoms with Crippen molar-refractivity contribution in [2.24, 2.45) is 0 Å². The van der Waals surface area contributed by atoms with E-state index in [9.17, 15) is 0 Å². The molecular formula is C57H44. The summed E-state index contributed by atoms with van der Waals surface area (Å²) in [6.45, 7) is 4.75. The van der Waals surface area contributed by atoms with E-state index in [2.05, 4.69) is 184 Å². The summed E-state index contributed by atoms with van der Waals surface area (Å²) >= 11 is 0. The van der Waals surface area contributed by atoms with Gasteiger partial charge < -0.3 is 0 Å². The van der Waals surface area contributed by atoms with Crippen molar-refractivity contribution in [1.29, 1.82) is 0 Å². The van der Waals surface area contributed by atoms with E-state index < -0.39 is 0 Å². The van der Waals surface area contributed by atoms with Crippen LogP contribution in [0.3, 0.4) is 0 Å². The minimum atomic E-state index is -0.0388. The molecule has 0 heteroatoms. The van der Waals surface area contributed by atoms with E-state index in [1.807, 2.05) is 0 Å². The van der Waals surface area contributed by atoms with Crippen molar-refractivity contribution in [1.82, 2.24) is 0 Å². The Hall–Kier alpha value is -6.24. The summed E-state index contributed by atoms with van der Waals surface area (Å²) in [7, 11) is 0. The molecule has 1 fully saturated rings. The molecule has 0 nitrogen and oxygen atoms in total. The van der Waals surface area contributed by atoms with Crippen LogP contribution < -0.4 is 0 Å². The standard InChI is InChI=1S/C57H44/c1-56(2)50-23-10-8-19-43(50)48-34-38(27-30-51(48)56)55-46-21-7-6-20-45(46)54(47-29-25-37(33-49(47)55)41-22-14-16-36-15-4-5-17-40(36)41)39-26-28-44-42-18-9-11-24-52(42)57(53(44)35-39)31-12-3-13-32-57/h4-11,14-30,33-35H,3,12-13,31-32H2,1-2H3. The molecule has 1 spiro atoms. The van der Waals surface area contributed by atoms with Crippen molar-refractivity contribution >= 4 is 32.3 Å². The van der Waals surface area contributed by atoms with Crippen LogP contribution >= 0.6 is 0 Å². The predicted molar refractivity (Wildman–Crippen MR) is 242 cm³/mol. The molecule has 0 amide bonds. The van der Waals surface area contributed by atoms with E-state index in [0.717, 1.165) is 0 Å².